The number of carbonyl (C=O) groups excluding carboxylic acids is 1. The summed E-state index contributed by atoms with van der Waals surface area (Å²) in [6.45, 7) is 1.37. The molecule has 1 unspecified atom stereocenters. The van der Waals surface area contributed by atoms with Crippen molar-refractivity contribution >= 4 is 5.97 Å². The Morgan fingerprint density at radius 1 is 0.750 bits per heavy atom. The fraction of sp³-hybridized carbons (Fsp3) is 0.792. The summed E-state index contributed by atoms with van der Waals surface area (Å²) in [5.41, 5.74) is 0. The molecule has 0 saturated carbocycles. The molecule has 0 radical (unpaired) electrons. The van der Waals surface area contributed by atoms with Crippen molar-refractivity contribution in [2.45, 2.75) is 115 Å². The SMILES string of the molecule is CCCCC/C=C\C/C=C\CCCCCCCC(=O)OC(O)[C@H](O)[C@H](O)[C@H](O)[C@H](O)CO. The summed E-state index contributed by atoms with van der Waals surface area (Å²) in [5, 5.41) is 56.5. The van der Waals surface area contributed by atoms with E-state index in [4.69, 9.17) is 5.11 Å². The first-order valence-corrected chi connectivity index (χ1v) is 11.9. The van der Waals surface area contributed by atoms with Gasteiger partial charge in [-0.1, -0.05) is 63.3 Å². The highest BCUT2D eigenvalue weighted by Crippen LogP contribution is 2.12. The Morgan fingerprint density at radius 2 is 1.31 bits per heavy atom. The molecule has 0 aromatic rings. The van der Waals surface area contributed by atoms with Crippen LogP contribution in [0.1, 0.15) is 84.0 Å². The summed E-state index contributed by atoms with van der Waals surface area (Å²) in [4.78, 5) is 11.7. The Labute approximate surface area is 192 Å². The van der Waals surface area contributed by atoms with Crippen molar-refractivity contribution in [2.75, 3.05) is 6.61 Å². The Balaban J connectivity index is 3.75. The first-order valence-electron chi connectivity index (χ1n) is 11.9. The van der Waals surface area contributed by atoms with Crippen LogP contribution in [0.3, 0.4) is 0 Å². The van der Waals surface area contributed by atoms with Gasteiger partial charge >= 0.3 is 5.97 Å². The first kappa shape index (κ1) is 30.7. The summed E-state index contributed by atoms with van der Waals surface area (Å²) in [6.07, 6.45) is 10.8. The molecule has 0 aliphatic rings. The van der Waals surface area contributed by atoms with Crippen LogP contribution in [0.5, 0.6) is 0 Å². The maximum Gasteiger partial charge on any atom is 0.308 e. The van der Waals surface area contributed by atoms with Crippen LogP contribution in [-0.4, -0.2) is 73.9 Å². The highest BCUT2D eigenvalue weighted by atomic mass is 16.6. The number of esters is 1. The van der Waals surface area contributed by atoms with E-state index in [0.29, 0.717) is 6.42 Å². The Morgan fingerprint density at radius 3 is 1.91 bits per heavy atom. The van der Waals surface area contributed by atoms with E-state index in [1.165, 1.54) is 19.3 Å². The topological polar surface area (TPSA) is 148 Å². The molecule has 0 aliphatic heterocycles. The standard InChI is InChI=1S/C24H44O8/c1-2-3-4-5-6-7-8-9-10-11-12-13-14-15-16-17-20(27)32-24(31)23(30)22(29)21(28)19(26)18-25/h6-7,9-10,19,21-26,28-31H,2-5,8,11-18H2,1H3/b7-6-,10-9-/t19-,21-,22-,23-,24?/m1/s1. The molecule has 0 bridgehead atoms. The second-order valence-electron chi connectivity index (χ2n) is 8.08. The number of aliphatic hydroxyl groups is 6. The highest BCUT2D eigenvalue weighted by molar-refractivity contribution is 5.69. The van der Waals surface area contributed by atoms with Gasteiger partial charge in [-0.05, 0) is 38.5 Å². The summed E-state index contributed by atoms with van der Waals surface area (Å²) >= 11 is 0. The third kappa shape index (κ3) is 15.5. The van der Waals surface area contributed by atoms with Gasteiger partial charge in [0, 0.05) is 6.42 Å². The predicted molar refractivity (Wildman–Crippen MR) is 123 cm³/mol. The Bertz CT molecular complexity index is 508. The maximum absolute atomic E-state index is 11.7. The second kappa shape index (κ2) is 20.3. The van der Waals surface area contributed by atoms with E-state index in [1.807, 2.05) is 0 Å². The molecule has 188 valence electrons. The van der Waals surface area contributed by atoms with Gasteiger partial charge in [-0.2, -0.15) is 0 Å². The van der Waals surface area contributed by atoms with Crippen molar-refractivity contribution in [3.63, 3.8) is 0 Å². The molecule has 8 heteroatoms. The van der Waals surface area contributed by atoms with E-state index in [-0.39, 0.29) is 6.42 Å². The van der Waals surface area contributed by atoms with Gasteiger partial charge in [0.2, 0.25) is 6.29 Å². The molecule has 8 nitrogen and oxygen atoms in total. The lowest BCUT2D eigenvalue weighted by Gasteiger charge is -2.28. The molecule has 0 spiro atoms. The van der Waals surface area contributed by atoms with E-state index in [2.05, 4.69) is 36.0 Å². The average molecular weight is 461 g/mol. The normalized spacial score (nSPS) is 16.8. The average Bonchev–Trinajstić information content (AvgIpc) is 2.79. The van der Waals surface area contributed by atoms with Crippen LogP contribution in [0.25, 0.3) is 0 Å². The van der Waals surface area contributed by atoms with Gasteiger partial charge < -0.3 is 35.4 Å². The van der Waals surface area contributed by atoms with Crippen LogP contribution < -0.4 is 0 Å². The number of allylic oxidation sites excluding steroid dienone is 4. The lowest BCUT2D eigenvalue weighted by molar-refractivity contribution is -0.213. The van der Waals surface area contributed by atoms with Gasteiger partial charge in [0.25, 0.3) is 0 Å². The van der Waals surface area contributed by atoms with E-state index in [9.17, 15) is 30.3 Å². The van der Waals surface area contributed by atoms with Crippen molar-refractivity contribution < 1.29 is 40.2 Å². The van der Waals surface area contributed by atoms with Gasteiger partial charge in [-0.15, -0.1) is 0 Å². The predicted octanol–water partition coefficient (Wildman–Crippen LogP) is 2.10. The number of aliphatic hydroxyl groups excluding tert-OH is 6. The molecule has 6 N–H and O–H groups in total. The van der Waals surface area contributed by atoms with Crippen LogP contribution in [0.2, 0.25) is 0 Å². The molecule has 0 heterocycles. The fourth-order valence-corrected chi connectivity index (χ4v) is 3.05. The first-order chi connectivity index (χ1) is 15.3. The highest BCUT2D eigenvalue weighted by Gasteiger charge is 2.35. The van der Waals surface area contributed by atoms with E-state index in [0.717, 1.165) is 44.9 Å². The Hall–Kier alpha value is -1.29. The molecule has 0 saturated heterocycles. The molecule has 0 rings (SSSR count). The summed E-state index contributed by atoms with van der Waals surface area (Å²) in [7, 11) is 0. The Kier molecular flexibility index (Phi) is 19.5. The number of hydrogen-bond donors (Lipinski definition) is 6. The number of unbranched alkanes of at least 4 members (excludes halogenated alkanes) is 8. The lowest BCUT2D eigenvalue weighted by Crippen LogP contribution is -2.50. The largest absolute Gasteiger partial charge is 0.433 e. The molecular weight excluding hydrogens is 416 g/mol. The smallest absolute Gasteiger partial charge is 0.308 e. The van der Waals surface area contributed by atoms with Crippen molar-refractivity contribution in [3.8, 4) is 0 Å². The molecular formula is C24H44O8. The summed E-state index contributed by atoms with van der Waals surface area (Å²) in [6, 6.07) is 0. The van der Waals surface area contributed by atoms with Crippen LogP contribution in [-0.2, 0) is 9.53 Å². The van der Waals surface area contributed by atoms with Crippen LogP contribution in [0.15, 0.2) is 24.3 Å². The molecule has 5 atom stereocenters. The lowest BCUT2D eigenvalue weighted by atomic mass is 10.0. The molecule has 0 fully saturated rings. The van der Waals surface area contributed by atoms with Crippen LogP contribution in [0.4, 0.5) is 0 Å². The number of carbonyl (C=O) groups is 1. The minimum Gasteiger partial charge on any atom is -0.433 e. The number of ether oxygens (including phenoxy) is 1. The molecule has 32 heavy (non-hydrogen) atoms. The summed E-state index contributed by atoms with van der Waals surface area (Å²) in [5.74, 6) is -0.730. The maximum atomic E-state index is 11.7. The number of rotatable bonds is 20. The van der Waals surface area contributed by atoms with Gasteiger partial charge in [0.1, 0.15) is 24.4 Å². The molecule has 0 aromatic heterocycles. The van der Waals surface area contributed by atoms with Crippen molar-refractivity contribution in [2.24, 2.45) is 0 Å². The zero-order valence-corrected chi connectivity index (χ0v) is 19.4. The van der Waals surface area contributed by atoms with Gasteiger partial charge in [-0.3, -0.25) is 4.79 Å². The van der Waals surface area contributed by atoms with E-state index >= 15 is 0 Å². The second-order valence-corrected chi connectivity index (χ2v) is 8.08. The number of hydrogen-bond acceptors (Lipinski definition) is 8. The quantitative estimate of drug-likeness (QED) is 0.0700. The van der Waals surface area contributed by atoms with Crippen LogP contribution in [0, 0.1) is 0 Å². The monoisotopic (exact) mass is 460 g/mol. The zero-order valence-electron chi connectivity index (χ0n) is 19.4. The summed E-state index contributed by atoms with van der Waals surface area (Å²) < 4.78 is 4.65. The third-order valence-corrected chi connectivity index (χ3v) is 5.16. The van der Waals surface area contributed by atoms with E-state index in [1.54, 1.807) is 0 Å². The van der Waals surface area contributed by atoms with Gasteiger partial charge in [0.05, 0.1) is 6.61 Å². The van der Waals surface area contributed by atoms with Crippen molar-refractivity contribution in [3.05, 3.63) is 24.3 Å². The zero-order chi connectivity index (χ0) is 24.2. The van der Waals surface area contributed by atoms with Crippen molar-refractivity contribution in [1.82, 2.24) is 0 Å². The van der Waals surface area contributed by atoms with Gasteiger partial charge in [0.15, 0.2) is 0 Å². The third-order valence-electron chi connectivity index (χ3n) is 5.16. The molecule has 0 amide bonds. The van der Waals surface area contributed by atoms with Crippen LogP contribution >= 0.6 is 0 Å². The minimum atomic E-state index is -2.05. The fourth-order valence-electron chi connectivity index (χ4n) is 3.05. The minimum absolute atomic E-state index is 0.0617. The molecule has 0 aliphatic carbocycles. The molecule has 0 aromatic carbocycles. The van der Waals surface area contributed by atoms with E-state index < -0.39 is 43.3 Å². The van der Waals surface area contributed by atoms with Crippen molar-refractivity contribution in [1.29, 1.82) is 0 Å². The van der Waals surface area contributed by atoms with Gasteiger partial charge in [-0.25, -0.2) is 0 Å².